The Balaban J connectivity index is 1.50. The van der Waals surface area contributed by atoms with E-state index in [0.29, 0.717) is 23.5 Å². The quantitative estimate of drug-likeness (QED) is 0.563. The van der Waals surface area contributed by atoms with E-state index >= 15 is 0 Å². The molecule has 1 fully saturated rings. The summed E-state index contributed by atoms with van der Waals surface area (Å²) in [6.45, 7) is 5.09. The van der Waals surface area contributed by atoms with E-state index in [1.807, 2.05) is 12.3 Å². The number of hydrogen-bond acceptors (Lipinski definition) is 6. The first-order valence-electron chi connectivity index (χ1n) is 9.52. The molecule has 2 aromatic rings. The van der Waals surface area contributed by atoms with Gasteiger partial charge in [-0.2, -0.15) is 0 Å². The van der Waals surface area contributed by atoms with Gasteiger partial charge in [0.1, 0.15) is 5.82 Å². The first kappa shape index (κ1) is 20.3. The second kappa shape index (κ2) is 10.2. The van der Waals surface area contributed by atoms with Crippen LogP contribution in [-0.4, -0.2) is 46.6 Å². The molecular formula is C21H25ClN4O2. The fourth-order valence-corrected chi connectivity index (χ4v) is 3.41. The summed E-state index contributed by atoms with van der Waals surface area (Å²) in [6, 6.07) is 6.22. The minimum atomic E-state index is -0.376. The number of carbonyl (C=O) groups excluding carboxylic acids is 1. The Morgan fingerprint density at radius 2 is 2.21 bits per heavy atom. The maximum Gasteiger partial charge on any atom is 0.330 e. The standard InChI is InChI=1S/C21H25ClN4O2/c1-2-28-20(27)6-5-16-12-19(22)21(24-14-16)25-18-7-10-26(11-8-18)15-17-4-3-9-23-13-17/h3-6,9,12-14,18H,2,7-8,10-11,15H2,1H3,(H,24,25). The summed E-state index contributed by atoms with van der Waals surface area (Å²) < 4.78 is 4.87. The van der Waals surface area contributed by atoms with Crippen LogP contribution in [0.1, 0.15) is 30.9 Å². The van der Waals surface area contributed by atoms with E-state index in [2.05, 4.69) is 26.3 Å². The van der Waals surface area contributed by atoms with Gasteiger partial charge >= 0.3 is 5.97 Å². The largest absolute Gasteiger partial charge is 0.463 e. The molecule has 3 rings (SSSR count). The molecule has 1 saturated heterocycles. The Labute approximate surface area is 170 Å². The molecule has 1 aliphatic rings. The number of pyridine rings is 2. The molecular weight excluding hydrogens is 376 g/mol. The normalized spacial score (nSPS) is 15.6. The van der Waals surface area contributed by atoms with Crippen LogP contribution in [0.4, 0.5) is 5.82 Å². The fourth-order valence-electron chi connectivity index (χ4n) is 3.18. The van der Waals surface area contributed by atoms with Gasteiger partial charge in [-0.1, -0.05) is 17.7 Å². The fraction of sp³-hybridized carbons (Fsp3) is 0.381. The molecule has 0 radical (unpaired) electrons. The Morgan fingerprint density at radius 1 is 1.39 bits per heavy atom. The molecule has 0 spiro atoms. The predicted octanol–water partition coefficient (Wildman–Crippen LogP) is 3.78. The zero-order chi connectivity index (χ0) is 19.8. The van der Waals surface area contributed by atoms with Crippen molar-refractivity contribution in [3.63, 3.8) is 0 Å². The lowest BCUT2D eigenvalue weighted by Crippen LogP contribution is -2.38. The SMILES string of the molecule is CCOC(=O)C=Cc1cnc(NC2CCN(Cc3cccnc3)CC2)c(Cl)c1. The van der Waals surface area contributed by atoms with Crippen LogP contribution in [0.5, 0.6) is 0 Å². The zero-order valence-electron chi connectivity index (χ0n) is 16.0. The van der Waals surface area contributed by atoms with Crippen molar-refractivity contribution in [3.8, 4) is 0 Å². The number of aromatic nitrogens is 2. The van der Waals surface area contributed by atoms with Gasteiger partial charge in [0.15, 0.2) is 0 Å². The third-order valence-corrected chi connectivity index (χ3v) is 4.91. The van der Waals surface area contributed by atoms with Gasteiger partial charge in [0.05, 0.1) is 11.6 Å². The Bertz CT molecular complexity index is 805. The first-order valence-corrected chi connectivity index (χ1v) is 9.90. The summed E-state index contributed by atoms with van der Waals surface area (Å²) in [6.07, 6.45) is 10.5. The molecule has 148 valence electrons. The molecule has 0 saturated carbocycles. The number of halogens is 1. The van der Waals surface area contributed by atoms with E-state index in [4.69, 9.17) is 16.3 Å². The van der Waals surface area contributed by atoms with Crippen LogP contribution in [0.2, 0.25) is 5.02 Å². The minimum absolute atomic E-state index is 0.344. The van der Waals surface area contributed by atoms with Crippen LogP contribution in [0.15, 0.2) is 42.9 Å². The maximum atomic E-state index is 11.4. The van der Waals surface area contributed by atoms with Gasteiger partial charge in [0.25, 0.3) is 0 Å². The van der Waals surface area contributed by atoms with E-state index in [1.165, 1.54) is 11.6 Å². The summed E-state index contributed by atoms with van der Waals surface area (Å²) in [5.41, 5.74) is 2.00. The third-order valence-electron chi connectivity index (χ3n) is 4.62. The predicted molar refractivity (Wildman–Crippen MR) is 111 cm³/mol. The number of piperidine rings is 1. The van der Waals surface area contributed by atoms with Gasteiger partial charge in [-0.25, -0.2) is 9.78 Å². The number of carbonyl (C=O) groups is 1. The topological polar surface area (TPSA) is 67.3 Å². The van der Waals surface area contributed by atoms with Crippen LogP contribution >= 0.6 is 11.6 Å². The number of ether oxygens (including phenoxy) is 1. The van der Waals surface area contributed by atoms with Gasteiger partial charge in [0, 0.05) is 50.3 Å². The van der Waals surface area contributed by atoms with Crippen LogP contribution in [0, 0.1) is 0 Å². The third kappa shape index (κ3) is 6.04. The van der Waals surface area contributed by atoms with E-state index in [-0.39, 0.29) is 5.97 Å². The molecule has 1 aliphatic heterocycles. The summed E-state index contributed by atoms with van der Waals surface area (Å²) >= 11 is 6.37. The number of anilines is 1. The molecule has 0 atom stereocenters. The second-order valence-corrected chi connectivity index (χ2v) is 7.15. The zero-order valence-corrected chi connectivity index (χ0v) is 16.7. The van der Waals surface area contributed by atoms with Gasteiger partial charge in [0.2, 0.25) is 0 Å². The molecule has 6 nitrogen and oxygen atoms in total. The van der Waals surface area contributed by atoms with E-state index in [9.17, 15) is 4.79 Å². The second-order valence-electron chi connectivity index (χ2n) is 6.74. The molecule has 28 heavy (non-hydrogen) atoms. The van der Waals surface area contributed by atoms with E-state index < -0.39 is 0 Å². The highest BCUT2D eigenvalue weighted by atomic mass is 35.5. The van der Waals surface area contributed by atoms with Crippen molar-refractivity contribution in [1.29, 1.82) is 0 Å². The van der Waals surface area contributed by atoms with Gasteiger partial charge in [-0.05, 0) is 49.1 Å². The Kier molecular flexibility index (Phi) is 7.39. The lowest BCUT2D eigenvalue weighted by atomic mass is 10.0. The van der Waals surface area contributed by atoms with Crippen LogP contribution in [-0.2, 0) is 16.1 Å². The molecule has 0 aromatic carbocycles. The highest BCUT2D eigenvalue weighted by molar-refractivity contribution is 6.33. The number of esters is 1. The maximum absolute atomic E-state index is 11.4. The smallest absolute Gasteiger partial charge is 0.330 e. The molecule has 2 aromatic heterocycles. The van der Waals surface area contributed by atoms with Crippen molar-refractivity contribution >= 4 is 29.5 Å². The van der Waals surface area contributed by atoms with E-state index in [0.717, 1.165) is 38.0 Å². The summed E-state index contributed by atoms with van der Waals surface area (Å²) in [5.74, 6) is 0.305. The molecule has 0 unspecified atom stereocenters. The van der Waals surface area contributed by atoms with Gasteiger partial charge in [-0.15, -0.1) is 0 Å². The highest BCUT2D eigenvalue weighted by Gasteiger charge is 2.20. The highest BCUT2D eigenvalue weighted by Crippen LogP contribution is 2.24. The van der Waals surface area contributed by atoms with Gasteiger partial charge < -0.3 is 10.1 Å². The Morgan fingerprint density at radius 3 is 2.89 bits per heavy atom. The number of rotatable bonds is 7. The number of hydrogen-bond donors (Lipinski definition) is 1. The molecule has 0 amide bonds. The molecule has 7 heteroatoms. The van der Waals surface area contributed by atoms with Crippen LogP contribution in [0.3, 0.4) is 0 Å². The average molecular weight is 401 g/mol. The summed E-state index contributed by atoms with van der Waals surface area (Å²) in [4.78, 5) is 22.4. The van der Waals surface area contributed by atoms with Crippen LogP contribution < -0.4 is 5.32 Å². The minimum Gasteiger partial charge on any atom is -0.463 e. The van der Waals surface area contributed by atoms with Crippen molar-refractivity contribution in [3.05, 3.63) is 59.0 Å². The summed E-state index contributed by atoms with van der Waals surface area (Å²) in [7, 11) is 0. The monoisotopic (exact) mass is 400 g/mol. The molecule has 0 bridgehead atoms. The molecule has 0 aliphatic carbocycles. The molecule has 1 N–H and O–H groups in total. The van der Waals surface area contributed by atoms with Gasteiger partial charge in [-0.3, -0.25) is 9.88 Å². The Hall–Kier alpha value is -2.44. The number of likely N-dealkylation sites (tertiary alicyclic amines) is 1. The average Bonchev–Trinajstić information content (AvgIpc) is 2.71. The van der Waals surface area contributed by atoms with Crippen molar-refractivity contribution in [1.82, 2.24) is 14.9 Å². The van der Waals surface area contributed by atoms with Crippen molar-refractivity contribution in [2.45, 2.75) is 32.4 Å². The number of nitrogens with zero attached hydrogens (tertiary/aromatic N) is 3. The summed E-state index contributed by atoms with van der Waals surface area (Å²) in [5, 5.41) is 3.99. The van der Waals surface area contributed by atoms with Crippen LogP contribution in [0.25, 0.3) is 6.08 Å². The first-order chi connectivity index (χ1) is 13.6. The lowest BCUT2D eigenvalue weighted by molar-refractivity contribution is -0.137. The molecule has 3 heterocycles. The number of nitrogens with one attached hydrogen (secondary N) is 1. The van der Waals surface area contributed by atoms with Crippen molar-refractivity contribution < 1.29 is 9.53 Å². The van der Waals surface area contributed by atoms with Crippen molar-refractivity contribution in [2.24, 2.45) is 0 Å². The lowest BCUT2D eigenvalue weighted by Gasteiger charge is -2.32. The van der Waals surface area contributed by atoms with E-state index in [1.54, 1.807) is 31.5 Å². The van der Waals surface area contributed by atoms with Crippen molar-refractivity contribution in [2.75, 3.05) is 25.0 Å².